The molecule has 0 fully saturated rings. The molecule has 0 N–H and O–H groups in total. The standard InChI is InChI=1S/C17H12ClNO3/c1-22-17(21)15-10-19(12-6-4-5-11(18)9-12)16(20)14-8-3-2-7-13(14)15/h2-10H,1H3. The third-order valence-electron chi connectivity index (χ3n) is 3.42. The fourth-order valence-electron chi connectivity index (χ4n) is 2.38. The summed E-state index contributed by atoms with van der Waals surface area (Å²) in [5.74, 6) is -0.494. The molecular weight excluding hydrogens is 302 g/mol. The minimum absolute atomic E-state index is 0.217. The van der Waals surface area contributed by atoms with Gasteiger partial charge in [0.25, 0.3) is 5.56 Å². The highest BCUT2D eigenvalue weighted by molar-refractivity contribution is 6.30. The Balaban J connectivity index is 2.39. The number of hydrogen-bond acceptors (Lipinski definition) is 3. The van der Waals surface area contributed by atoms with E-state index in [1.165, 1.54) is 17.9 Å². The van der Waals surface area contributed by atoms with Crippen molar-refractivity contribution in [3.8, 4) is 5.69 Å². The molecule has 0 aliphatic carbocycles. The van der Waals surface area contributed by atoms with E-state index in [0.29, 0.717) is 27.0 Å². The molecule has 5 heteroatoms. The van der Waals surface area contributed by atoms with E-state index in [9.17, 15) is 9.59 Å². The molecule has 0 aliphatic rings. The Bertz CT molecular complexity index is 931. The second-order valence-electron chi connectivity index (χ2n) is 4.73. The van der Waals surface area contributed by atoms with Crippen molar-refractivity contribution in [2.24, 2.45) is 0 Å². The van der Waals surface area contributed by atoms with Gasteiger partial charge in [-0.25, -0.2) is 4.79 Å². The van der Waals surface area contributed by atoms with Gasteiger partial charge in [0.15, 0.2) is 0 Å². The maximum atomic E-state index is 12.7. The second kappa shape index (κ2) is 5.66. The van der Waals surface area contributed by atoms with Gasteiger partial charge in [-0.2, -0.15) is 0 Å². The number of esters is 1. The number of carbonyl (C=O) groups excluding carboxylic acids is 1. The average molecular weight is 314 g/mol. The van der Waals surface area contributed by atoms with Gasteiger partial charge in [0.1, 0.15) is 0 Å². The number of rotatable bonds is 2. The van der Waals surface area contributed by atoms with Crippen LogP contribution in [0, 0.1) is 0 Å². The number of pyridine rings is 1. The Labute approximate surface area is 131 Å². The zero-order valence-corrected chi connectivity index (χ0v) is 12.5. The molecule has 0 bridgehead atoms. The summed E-state index contributed by atoms with van der Waals surface area (Å²) >= 11 is 5.99. The fraction of sp³-hybridized carbons (Fsp3) is 0.0588. The molecule has 3 aromatic rings. The predicted molar refractivity (Wildman–Crippen MR) is 85.9 cm³/mol. The maximum absolute atomic E-state index is 12.7. The van der Waals surface area contributed by atoms with E-state index in [4.69, 9.17) is 16.3 Å². The molecule has 0 spiro atoms. The Morgan fingerprint density at radius 2 is 1.82 bits per heavy atom. The molecule has 1 heterocycles. The average Bonchev–Trinajstić information content (AvgIpc) is 2.55. The quantitative estimate of drug-likeness (QED) is 0.681. The molecule has 0 amide bonds. The third kappa shape index (κ3) is 2.38. The van der Waals surface area contributed by atoms with Crippen LogP contribution in [0.4, 0.5) is 0 Å². The summed E-state index contributed by atoms with van der Waals surface area (Å²) in [6.45, 7) is 0. The monoisotopic (exact) mass is 313 g/mol. The Morgan fingerprint density at radius 3 is 2.50 bits per heavy atom. The molecule has 1 aromatic heterocycles. The number of benzene rings is 2. The van der Waals surface area contributed by atoms with E-state index >= 15 is 0 Å². The zero-order chi connectivity index (χ0) is 15.7. The highest BCUT2D eigenvalue weighted by atomic mass is 35.5. The summed E-state index contributed by atoms with van der Waals surface area (Å²) in [5.41, 5.74) is 0.705. The van der Waals surface area contributed by atoms with Crippen molar-refractivity contribution in [3.63, 3.8) is 0 Å². The van der Waals surface area contributed by atoms with Crippen molar-refractivity contribution in [1.82, 2.24) is 4.57 Å². The van der Waals surface area contributed by atoms with Crippen LogP contribution in [-0.4, -0.2) is 17.6 Å². The molecular formula is C17H12ClNO3. The lowest BCUT2D eigenvalue weighted by atomic mass is 10.1. The Kier molecular flexibility index (Phi) is 3.69. The van der Waals surface area contributed by atoms with Crippen molar-refractivity contribution in [1.29, 1.82) is 0 Å². The minimum Gasteiger partial charge on any atom is -0.465 e. The predicted octanol–water partition coefficient (Wildman–Crippen LogP) is 3.43. The smallest absolute Gasteiger partial charge is 0.340 e. The summed E-state index contributed by atoms with van der Waals surface area (Å²) in [6.07, 6.45) is 1.49. The SMILES string of the molecule is COC(=O)c1cn(-c2cccc(Cl)c2)c(=O)c2ccccc12. The number of carbonyl (C=O) groups is 1. The minimum atomic E-state index is -0.494. The number of halogens is 1. The molecule has 0 atom stereocenters. The van der Waals surface area contributed by atoms with Crippen LogP contribution in [0.15, 0.2) is 59.5 Å². The highest BCUT2D eigenvalue weighted by Gasteiger charge is 2.15. The number of methoxy groups -OCH3 is 1. The summed E-state index contributed by atoms with van der Waals surface area (Å²) in [4.78, 5) is 24.7. The van der Waals surface area contributed by atoms with E-state index in [1.807, 2.05) is 0 Å². The van der Waals surface area contributed by atoms with E-state index < -0.39 is 5.97 Å². The van der Waals surface area contributed by atoms with Crippen LogP contribution < -0.4 is 5.56 Å². The van der Waals surface area contributed by atoms with E-state index in [0.717, 1.165) is 0 Å². The van der Waals surface area contributed by atoms with Gasteiger partial charge in [-0.15, -0.1) is 0 Å². The summed E-state index contributed by atoms with van der Waals surface area (Å²) < 4.78 is 6.22. The lowest BCUT2D eigenvalue weighted by Crippen LogP contribution is -2.20. The lowest BCUT2D eigenvalue weighted by molar-refractivity contribution is 0.0602. The topological polar surface area (TPSA) is 48.3 Å². The van der Waals surface area contributed by atoms with Gasteiger partial charge >= 0.3 is 5.97 Å². The van der Waals surface area contributed by atoms with Crippen LogP contribution >= 0.6 is 11.6 Å². The molecule has 3 rings (SSSR count). The van der Waals surface area contributed by atoms with Crippen molar-refractivity contribution in [2.45, 2.75) is 0 Å². The third-order valence-corrected chi connectivity index (χ3v) is 3.65. The van der Waals surface area contributed by atoms with Crippen LogP contribution in [0.3, 0.4) is 0 Å². The van der Waals surface area contributed by atoms with Gasteiger partial charge in [-0.3, -0.25) is 9.36 Å². The van der Waals surface area contributed by atoms with Gasteiger partial charge in [0.05, 0.1) is 18.4 Å². The molecule has 4 nitrogen and oxygen atoms in total. The van der Waals surface area contributed by atoms with Gasteiger partial charge in [-0.05, 0) is 24.3 Å². The highest BCUT2D eigenvalue weighted by Crippen LogP contribution is 2.19. The second-order valence-corrected chi connectivity index (χ2v) is 5.17. The molecule has 0 saturated heterocycles. The summed E-state index contributed by atoms with van der Waals surface area (Å²) in [6, 6.07) is 13.8. The molecule has 0 saturated carbocycles. The molecule has 0 aliphatic heterocycles. The molecule has 2 aromatic carbocycles. The number of nitrogens with zero attached hydrogens (tertiary/aromatic N) is 1. The van der Waals surface area contributed by atoms with Crippen molar-refractivity contribution < 1.29 is 9.53 Å². The van der Waals surface area contributed by atoms with Crippen LogP contribution in [0.25, 0.3) is 16.5 Å². The first kappa shape index (κ1) is 14.4. The van der Waals surface area contributed by atoms with Crippen molar-refractivity contribution in [2.75, 3.05) is 7.11 Å². The van der Waals surface area contributed by atoms with Crippen LogP contribution in [0.1, 0.15) is 10.4 Å². The van der Waals surface area contributed by atoms with Crippen LogP contribution in [-0.2, 0) is 4.74 Å². The number of ether oxygens (including phenoxy) is 1. The fourth-order valence-corrected chi connectivity index (χ4v) is 2.57. The first-order chi connectivity index (χ1) is 10.6. The molecule has 0 radical (unpaired) electrons. The van der Waals surface area contributed by atoms with Gasteiger partial charge < -0.3 is 4.74 Å². The number of fused-ring (bicyclic) bond motifs is 1. The normalized spacial score (nSPS) is 10.6. The molecule has 0 unspecified atom stereocenters. The Hall–Kier alpha value is -2.59. The van der Waals surface area contributed by atoms with Crippen LogP contribution in [0.5, 0.6) is 0 Å². The zero-order valence-electron chi connectivity index (χ0n) is 11.7. The lowest BCUT2D eigenvalue weighted by Gasteiger charge is -2.11. The maximum Gasteiger partial charge on any atom is 0.340 e. The number of hydrogen-bond donors (Lipinski definition) is 0. The first-order valence-corrected chi connectivity index (χ1v) is 6.98. The first-order valence-electron chi connectivity index (χ1n) is 6.60. The summed E-state index contributed by atoms with van der Waals surface area (Å²) in [7, 11) is 1.31. The molecule has 22 heavy (non-hydrogen) atoms. The Morgan fingerprint density at radius 1 is 1.09 bits per heavy atom. The largest absolute Gasteiger partial charge is 0.465 e. The van der Waals surface area contributed by atoms with Gasteiger partial charge in [0.2, 0.25) is 0 Å². The van der Waals surface area contributed by atoms with E-state index in [1.54, 1.807) is 48.5 Å². The van der Waals surface area contributed by atoms with Gasteiger partial charge in [0, 0.05) is 22.0 Å². The van der Waals surface area contributed by atoms with Crippen LogP contribution in [0.2, 0.25) is 5.02 Å². The van der Waals surface area contributed by atoms with Crippen molar-refractivity contribution >= 4 is 28.3 Å². The van der Waals surface area contributed by atoms with Gasteiger partial charge in [-0.1, -0.05) is 35.9 Å². The number of aromatic nitrogens is 1. The summed E-state index contributed by atoms with van der Waals surface area (Å²) in [5, 5.41) is 1.53. The molecule has 110 valence electrons. The van der Waals surface area contributed by atoms with E-state index in [-0.39, 0.29) is 5.56 Å². The van der Waals surface area contributed by atoms with Crippen molar-refractivity contribution in [3.05, 3.63) is 75.7 Å². The van der Waals surface area contributed by atoms with E-state index in [2.05, 4.69) is 0 Å².